The van der Waals surface area contributed by atoms with Crippen molar-refractivity contribution in [3.05, 3.63) is 12.4 Å². The minimum Gasteiger partial charge on any atom is -0.317 e. The molecule has 1 aliphatic carbocycles. The highest BCUT2D eigenvalue weighted by Crippen LogP contribution is 2.21. The van der Waals surface area contributed by atoms with Crippen molar-refractivity contribution in [2.24, 2.45) is 0 Å². The molecule has 0 spiro atoms. The molecule has 6 nitrogen and oxygen atoms in total. The zero-order chi connectivity index (χ0) is 13.0. The van der Waals surface area contributed by atoms with Crippen molar-refractivity contribution >= 4 is 10.0 Å². The number of nitrogens with zero attached hydrogens (tertiary/aromatic N) is 2. The number of hydrogen-bond acceptors (Lipinski definition) is 4. The molecule has 102 valence electrons. The normalized spacial score (nSPS) is 16.1. The molecular formula is C11H20N4O2S. The van der Waals surface area contributed by atoms with E-state index in [1.54, 1.807) is 10.9 Å². The van der Waals surface area contributed by atoms with Gasteiger partial charge in [0, 0.05) is 18.8 Å². The van der Waals surface area contributed by atoms with Gasteiger partial charge in [0.2, 0.25) is 10.0 Å². The van der Waals surface area contributed by atoms with Gasteiger partial charge in [0.05, 0.1) is 6.20 Å². The van der Waals surface area contributed by atoms with E-state index in [9.17, 15) is 8.42 Å². The Kier molecular flexibility index (Phi) is 4.36. The van der Waals surface area contributed by atoms with Gasteiger partial charge in [-0.2, -0.15) is 5.10 Å². The lowest BCUT2D eigenvalue weighted by Gasteiger charge is -2.03. The standard InChI is InChI=1S/C11H20N4O2S/c1-2-12-6-3-7-15-9-11(8-13-15)18(16,17)14-10-4-5-10/h8-10,12,14H,2-7H2,1H3. The Bertz CT molecular complexity index is 479. The number of nitrogens with one attached hydrogen (secondary N) is 2. The van der Waals surface area contributed by atoms with Crippen LogP contribution in [0.25, 0.3) is 0 Å². The molecule has 2 rings (SSSR count). The molecule has 0 aromatic carbocycles. The summed E-state index contributed by atoms with van der Waals surface area (Å²) in [6, 6.07) is 0.132. The number of rotatable bonds is 8. The van der Waals surface area contributed by atoms with Gasteiger partial charge in [-0.05, 0) is 32.4 Å². The molecule has 0 aliphatic heterocycles. The third kappa shape index (κ3) is 3.79. The molecule has 0 unspecified atom stereocenters. The van der Waals surface area contributed by atoms with E-state index in [-0.39, 0.29) is 10.9 Å². The van der Waals surface area contributed by atoms with Crippen molar-refractivity contribution in [3.8, 4) is 0 Å². The Morgan fingerprint density at radius 1 is 1.50 bits per heavy atom. The predicted octanol–water partition coefficient (Wildman–Crippen LogP) is 0.323. The maximum Gasteiger partial charge on any atom is 0.243 e. The first-order valence-electron chi connectivity index (χ1n) is 6.37. The average molecular weight is 272 g/mol. The fourth-order valence-electron chi connectivity index (χ4n) is 1.64. The first-order chi connectivity index (χ1) is 8.62. The van der Waals surface area contributed by atoms with E-state index in [1.807, 2.05) is 0 Å². The summed E-state index contributed by atoms with van der Waals surface area (Å²) in [4.78, 5) is 0.262. The van der Waals surface area contributed by atoms with Crippen LogP contribution in [0.4, 0.5) is 0 Å². The van der Waals surface area contributed by atoms with Gasteiger partial charge in [-0.15, -0.1) is 0 Å². The molecule has 0 bridgehead atoms. The topological polar surface area (TPSA) is 76.0 Å². The maximum atomic E-state index is 11.9. The highest BCUT2D eigenvalue weighted by molar-refractivity contribution is 7.89. The summed E-state index contributed by atoms with van der Waals surface area (Å²) in [7, 11) is -3.36. The van der Waals surface area contributed by atoms with Crippen molar-refractivity contribution in [1.82, 2.24) is 19.8 Å². The van der Waals surface area contributed by atoms with E-state index < -0.39 is 10.0 Å². The molecule has 0 amide bonds. The quantitative estimate of drug-likeness (QED) is 0.668. The lowest BCUT2D eigenvalue weighted by atomic mass is 10.4. The summed E-state index contributed by atoms with van der Waals surface area (Å²) in [6.07, 6.45) is 5.83. The van der Waals surface area contributed by atoms with Crippen LogP contribution in [0, 0.1) is 0 Å². The first-order valence-corrected chi connectivity index (χ1v) is 7.85. The van der Waals surface area contributed by atoms with Crippen LogP contribution in [0.5, 0.6) is 0 Å². The molecule has 0 atom stereocenters. The SMILES string of the molecule is CCNCCCn1cc(S(=O)(=O)NC2CC2)cn1. The Balaban J connectivity index is 1.88. The molecule has 18 heavy (non-hydrogen) atoms. The van der Waals surface area contributed by atoms with Crippen LogP contribution >= 0.6 is 0 Å². The number of sulfonamides is 1. The lowest BCUT2D eigenvalue weighted by Crippen LogP contribution is -2.25. The largest absolute Gasteiger partial charge is 0.317 e. The van der Waals surface area contributed by atoms with Crippen molar-refractivity contribution < 1.29 is 8.42 Å². The van der Waals surface area contributed by atoms with Crippen molar-refractivity contribution in [1.29, 1.82) is 0 Å². The predicted molar refractivity (Wildman–Crippen MR) is 68.7 cm³/mol. The van der Waals surface area contributed by atoms with Crippen LogP contribution in [0.2, 0.25) is 0 Å². The molecule has 0 saturated heterocycles. The highest BCUT2D eigenvalue weighted by atomic mass is 32.2. The third-order valence-electron chi connectivity index (χ3n) is 2.81. The number of aromatic nitrogens is 2. The summed E-state index contributed by atoms with van der Waals surface area (Å²) in [6.45, 7) is 4.65. The second-order valence-electron chi connectivity index (χ2n) is 4.54. The molecular weight excluding hydrogens is 252 g/mol. The van der Waals surface area contributed by atoms with Gasteiger partial charge in [0.1, 0.15) is 4.90 Å². The maximum absolute atomic E-state index is 11.9. The molecule has 1 saturated carbocycles. The lowest BCUT2D eigenvalue weighted by molar-refractivity contribution is 0.549. The summed E-state index contributed by atoms with van der Waals surface area (Å²) >= 11 is 0. The molecule has 1 fully saturated rings. The zero-order valence-electron chi connectivity index (χ0n) is 10.6. The Labute approximate surface area is 108 Å². The molecule has 0 radical (unpaired) electrons. The van der Waals surface area contributed by atoms with Gasteiger partial charge in [0.25, 0.3) is 0 Å². The van der Waals surface area contributed by atoms with E-state index >= 15 is 0 Å². The molecule has 2 N–H and O–H groups in total. The number of hydrogen-bond donors (Lipinski definition) is 2. The van der Waals surface area contributed by atoms with Crippen LogP contribution in [-0.2, 0) is 16.6 Å². The van der Waals surface area contributed by atoms with Crippen LogP contribution in [-0.4, -0.2) is 37.3 Å². The van der Waals surface area contributed by atoms with Crippen LogP contribution in [0.1, 0.15) is 26.2 Å². The van der Waals surface area contributed by atoms with Crippen molar-refractivity contribution in [3.63, 3.8) is 0 Å². The Hall–Kier alpha value is -0.920. The highest BCUT2D eigenvalue weighted by Gasteiger charge is 2.28. The van der Waals surface area contributed by atoms with Crippen LogP contribution in [0.15, 0.2) is 17.3 Å². The molecule has 1 aromatic heterocycles. The average Bonchev–Trinajstić information content (AvgIpc) is 2.98. The van der Waals surface area contributed by atoms with E-state index in [1.165, 1.54) is 6.20 Å². The fourth-order valence-corrected chi connectivity index (χ4v) is 2.89. The number of aryl methyl sites for hydroxylation is 1. The van der Waals surface area contributed by atoms with E-state index in [0.717, 1.165) is 38.9 Å². The molecule has 7 heteroatoms. The third-order valence-corrected chi connectivity index (χ3v) is 4.28. The molecule has 1 aliphatic rings. The van der Waals surface area contributed by atoms with Gasteiger partial charge in [-0.3, -0.25) is 4.68 Å². The van der Waals surface area contributed by atoms with Crippen molar-refractivity contribution in [2.75, 3.05) is 13.1 Å². The van der Waals surface area contributed by atoms with Gasteiger partial charge >= 0.3 is 0 Å². The minimum atomic E-state index is -3.36. The second-order valence-corrected chi connectivity index (χ2v) is 6.26. The van der Waals surface area contributed by atoms with Gasteiger partial charge in [0.15, 0.2) is 0 Å². The zero-order valence-corrected chi connectivity index (χ0v) is 11.4. The monoisotopic (exact) mass is 272 g/mol. The Morgan fingerprint density at radius 2 is 2.28 bits per heavy atom. The summed E-state index contributed by atoms with van der Waals surface area (Å²) in [5.74, 6) is 0. The second kappa shape index (κ2) is 5.81. The van der Waals surface area contributed by atoms with Crippen molar-refractivity contribution in [2.45, 2.75) is 43.7 Å². The summed E-state index contributed by atoms with van der Waals surface area (Å²) in [5.41, 5.74) is 0. The van der Waals surface area contributed by atoms with Gasteiger partial charge < -0.3 is 5.32 Å². The Morgan fingerprint density at radius 3 is 2.94 bits per heavy atom. The van der Waals surface area contributed by atoms with E-state index in [0.29, 0.717) is 0 Å². The van der Waals surface area contributed by atoms with Crippen LogP contribution < -0.4 is 10.0 Å². The van der Waals surface area contributed by atoms with Crippen LogP contribution in [0.3, 0.4) is 0 Å². The molecule has 1 heterocycles. The van der Waals surface area contributed by atoms with Gasteiger partial charge in [-0.25, -0.2) is 13.1 Å². The smallest absolute Gasteiger partial charge is 0.243 e. The fraction of sp³-hybridized carbons (Fsp3) is 0.727. The van der Waals surface area contributed by atoms with Gasteiger partial charge in [-0.1, -0.05) is 6.92 Å². The summed E-state index contributed by atoms with van der Waals surface area (Å²) < 4.78 is 28.1. The minimum absolute atomic E-state index is 0.132. The van der Waals surface area contributed by atoms with E-state index in [2.05, 4.69) is 22.1 Å². The van der Waals surface area contributed by atoms with E-state index in [4.69, 9.17) is 0 Å². The summed E-state index contributed by atoms with van der Waals surface area (Å²) in [5, 5.41) is 7.30. The first kappa shape index (κ1) is 13.5. The molecule has 1 aromatic rings.